The summed E-state index contributed by atoms with van der Waals surface area (Å²) in [4.78, 5) is 27.8. The largest absolute Gasteiger partial charge is 0.366 e. The zero-order valence-corrected chi connectivity index (χ0v) is 18.0. The van der Waals surface area contributed by atoms with E-state index in [4.69, 9.17) is 5.73 Å². The Labute approximate surface area is 178 Å². The predicted molar refractivity (Wildman–Crippen MR) is 121 cm³/mol. The van der Waals surface area contributed by atoms with E-state index in [0.29, 0.717) is 28.7 Å². The highest BCUT2D eigenvalue weighted by Crippen LogP contribution is 2.27. The fourth-order valence-electron chi connectivity index (χ4n) is 2.68. The van der Waals surface area contributed by atoms with Crippen LogP contribution in [-0.4, -0.2) is 22.6 Å². The van der Waals surface area contributed by atoms with E-state index in [0.717, 1.165) is 16.3 Å². The molecular weight excluding hydrogens is 402 g/mol. The molecule has 3 rings (SSSR count). The molecular formula is C22H23N3O2S2. The summed E-state index contributed by atoms with van der Waals surface area (Å²) in [5.41, 5.74) is 9.67. The Balaban J connectivity index is 1.48. The second-order valence-corrected chi connectivity index (χ2v) is 8.75. The molecule has 0 unspecified atom stereocenters. The normalized spacial score (nSPS) is 10.9. The number of carbonyl (C=O) groups is 2. The van der Waals surface area contributed by atoms with E-state index in [1.54, 1.807) is 35.6 Å². The number of carbonyl (C=O) groups excluding carboxylic acids is 2. The first-order valence-corrected chi connectivity index (χ1v) is 11.3. The summed E-state index contributed by atoms with van der Waals surface area (Å²) in [6.45, 7) is 4.36. The number of nitrogens with zero attached hydrogens (tertiary/aromatic N) is 1. The molecule has 5 nitrogen and oxygen atoms in total. The van der Waals surface area contributed by atoms with E-state index in [1.807, 2.05) is 5.38 Å². The average molecular weight is 426 g/mol. The topological polar surface area (TPSA) is 85.1 Å². The van der Waals surface area contributed by atoms with Crippen LogP contribution in [0.15, 0.2) is 53.9 Å². The molecule has 150 valence electrons. The highest BCUT2D eigenvalue weighted by molar-refractivity contribution is 7.99. The summed E-state index contributed by atoms with van der Waals surface area (Å²) in [6, 6.07) is 15.0. The lowest BCUT2D eigenvalue weighted by Gasteiger charge is -2.05. The van der Waals surface area contributed by atoms with E-state index in [1.165, 1.54) is 17.3 Å². The SMILES string of the molecule is CC(C)c1ccc(-c2nc(CSCC(=O)Nc3ccc(C(N)=O)cc3)cs2)cc1. The van der Waals surface area contributed by atoms with Crippen molar-refractivity contribution in [2.24, 2.45) is 5.73 Å². The predicted octanol–water partition coefficient (Wildman–Crippen LogP) is 4.90. The average Bonchev–Trinajstić information content (AvgIpc) is 3.17. The van der Waals surface area contributed by atoms with Gasteiger partial charge in [-0.1, -0.05) is 38.1 Å². The summed E-state index contributed by atoms with van der Waals surface area (Å²) in [6.07, 6.45) is 0. The number of hydrogen-bond donors (Lipinski definition) is 2. The Kier molecular flexibility index (Phi) is 7.06. The maximum atomic E-state index is 12.1. The number of hydrogen-bond acceptors (Lipinski definition) is 5. The quantitative estimate of drug-likeness (QED) is 0.537. The van der Waals surface area contributed by atoms with Gasteiger partial charge in [0.25, 0.3) is 0 Å². The lowest BCUT2D eigenvalue weighted by atomic mass is 10.0. The molecule has 2 amide bonds. The lowest BCUT2D eigenvalue weighted by Crippen LogP contribution is -2.15. The first-order valence-electron chi connectivity index (χ1n) is 9.24. The third-order valence-corrected chi connectivity index (χ3v) is 6.22. The van der Waals surface area contributed by atoms with Crippen molar-refractivity contribution in [3.63, 3.8) is 0 Å². The Bertz CT molecular complexity index is 980. The molecule has 1 heterocycles. The van der Waals surface area contributed by atoms with Crippen molar-refractivity contribution >= 4 is 40.6 Å². The van der Waals surface area contributed by atoms with Crippen molar-refractivity contribution in [3.8, 4) is 10.6 Å². The van der Waals surface area contributed by atoms with Gasteiger partial charge in [0, 0.05) is 27.9 Å². The molecule has 0 aliphatic heterocycles. The molecule has 0 saturated heterocycles. The molecule has 7 heteroatoms. The summed E-state index contributed by atoms with van der Waals surface area (Å²) >= 11 is 3.13. The number of nitrogens with two attached hydrogens (primary N) is 1. The summed E-state index contributed by atoms with van der Waals surface area (Å²) in [5.74, 6) is 0.931. The first kappa shape index (κ1) is 21.1. The number of aromatic nitrogens is 1. The standard InChI is InChI=1S/C22H23N3O2S2/c1-14(2)15-3-5-17(6-4-15)22-25-19(12-29-22)11-28-13-20(26)24-18-9-7-16(8-10-18)21(23)27/h3-10,12,14H,11,13H2,1-2H3,(H2,23,27)(H,24,26). The van der Waals surface area contributed by atoms with Gasteiger partial charge >= 0.3 is 0 Å². The number of anilines is 1. The molecule has 29 heavy (non-hydrogen) atoms. The van der Waals surface area contributed by atoms with Gasteiger partial charge in [0.05, 0.1) is 11.4 Å². The second-order valence-electron chi connectivity index (χ2n) is 6.90. The van der Waals surface area contributed by atoms with Crippen LogP contribution in [0.25, 0.3) is 10.6 Å². The third kappa shape index (κ3) is 5.92. The number of benzene rings is 2. The van der Waals surface area contributed by atoms with Gasteiger partial charge in [-0.15, -0.1) is 23.1 Å². The molecule has 1 aromatic heterocycles. The van der Waals surface area contributed by atoms with Gasteiger partial charge in [-0.05, 0) is 35.7 Å². The molecule has 0 saturated carbocycles. The molecule has 0 aliphatic rings. The molecule has 0 fully saturated rings. The second kappa shape index (κ2) is 9.71. The molecule has 0 spiro atoms. The highest BCUT2D eigenvalue weighted by Gasteiger charge is 2.08. The van der Waals surface area contributed by atoms with Crippen molar-refractivity contribution in [1.82, 2.24) is 4.98 Å². The maximum absolute atomic E-state index is 12.1. The fraction of sp³-hybridized carbons (Fsp3) is 0.227. The third-order valence-electron chi connectivity index (χ3n) is 4.31. The van der Waals surface area contributed by atoms with Gasteiger partial charge in [-0.25, -0.2) is 4.98 Å². The number of amides is 2. The molecule has 0 atom stereocenters. The van der Waals surface area contributed by atoms with Crippen molar-refractivity contribution in [2.75, 3.05) is 11.1 Å². The first-order chi connectivity index (χ1) is 13.9. The number of thiazole rings is 1. The van der Waals surface area contributed by atoms with Crippen LogP contribution in [0.3, 0.4) is 0 Å². The Morgan fingerprint density at radius 3 is 2.41 bits per heavy atom. The summed E-state index contributed by atoms with van der Waals surface area (Å²) in [7, 11) is 0. The van der Waals surface area contributed by atoms with Crippen LogP contribution in [0.5, 0.6) is 0 Å². The number of thioether (sulfide) groups is 1. The lowest BCUT2D eigenvalue weighted by molar-refractivity contribution is -0.113. The minimum Gasteiger partial charge on any atom is -0.366 e. The fourth-order valence-corrected chi connectivity index (χ4v) is 4.33. The van der Waals surface area contributed by atoms with Crippen LogP contribution in [-0.2, 0) is 10.5 Å². The summed E-state index contributed by atoms with van der Waals surface area (Å²) in [5, 5.41) is 5.85. The Morgan fingerprint density at radius 1 is 1.10 bits per heavy atom. The van der Waals surface area contributed by atoms with Crippen LogP contribution in [0.2, 0.25) is 0 Å². The number of nitrogens with one attached hydrogen (secondary N) is 1. The molecule has 0 bridgehead atoms. The van der Waals surface area contributed by atoms with Crippen molar-refractivity contribution < 1.29 is 9.59 Å². The van der Waals surface area contributed by atoms with Gasteiger partial charge in [0.1, 0.15) is 5.01 Å². The van der Waals surface area contributed by atoms with Crippen molar-refractivity contribution in [1.29, 1.82) is 0 Å². The van der Waals surface area contributed by atoms with Gasteiger partial charge in [0.15, 0.2) is 0 Å². The van der Waals surface area contributed by atoms with Crippen LogP contribution in [0.1, 0.15) is 41.4 Å². The van der Waals surface area contributed by atoms with Gasteiger partial charge in [0.2, 0.25) is 11.8 Å². The highest BCUT2D eigenvalue weighted by atomic mass is 32.2. The zero-order valence-electron chi connectivity index (χ0n) is 16.3. The molecule has 0 aliphatic carbocycles. The van der Waals surface area contributed by atoms with E-state index < -0.39 is 5.91 Å². The summed E-state index contributed by atoms with van der Waals surface area (Å²) < 4.78 is 0. The van der Waals surface area contributed by atoms with Crippen LogP contribution in [0.4, 0.5) is 5.69 Å². The van der Waals surface area contributed by atoms with Crippen molar-refractivity contribution in [3.05, 3.63) is 70.7 Å². The molecule has 3 aromatic rings. The van der Waals surface area contributed by atoms with Gasteiger partial charge in [-0.3, -0.25) is 9.59 Å². The molecule has 3 N–H and O–H groups in total. The van der Waals surface area contributed by atoms with Crippen LogP contribution >= 0.6 is 23.1 Å². The Hall–Kier alpha value is -2.64. The van der Waals surface area contributed by atoms with E-state index in [-0.39, 0.29) is 5.91 Å². The Morgan fingerprint density at radius 2 is 1.79 bits per heavy atom. The van der Waals surface area contributed by atoms with E-state index in [9.17, 15) is 9.59 Å². The van der Waals surface area contributed by atoms with Gasteiger partial charge in [-0.2, -0.15) is 0 Å². The zero-order chi connectivity index (χ0) is 20.8. The van der Waals surface area contributed by atoms with Crippen LogP contribution in [0, 0.1) is 0 Å². The minimum absolute atomic E-state index is 0.0958. The monoisotopic (exact) mass is 425 g/mol. The van der Waals surface area contributed by atoms with Gasteiger partial charge < -0.3 is 11.1 Å². The molecule has 2 aromatic carbocycles. The minimum atomic E-state index is -0.489. The van der Waals surface area contributed by atoms with Crippen molar-refractivity contribution in [2.45, 2.75) is 25.5 Å². The number of primary amides is 1. The van der Waals surface area contributed by atoms with E-state index in [2.05, 4.69) is 48.4 Å². The van der Waals surface area contributed by atoms with E-state index >= 15 is 0 Å². The number of rotatable bonds is 8. The van der Waals surface area contributed by atoms with Crippen LogP contribution < -0.4 is 11.1 Å². The smallest absolute Gasteiger partial charge is 0.248 e. The maximum Gasteiger partial charge on any atom is 0.248 e. The molecule has 0 radical (unpaired) electrons.